The van der Waals surface area contributed by atoms with Crippen molar-refractivity contribution in [2.45, 2.75) is 13.3 Å². The largest absolute Gasteiger partial charge is 0.497 e. The molecule has 0 saturated heterocycles. The number of ether oxygens (including phenoxy) is 3. The number of nitrogens with zero attached hydrogens (tertiary/aromatic N) is 2. The maximum Gasteiger partial charge on any atom is 0.229 e. The average Bonchev–Trinajstić information content (AvgIpc) is 2.73. The summed E-state index contributed by atoms with van der Waals surface area (Å²) in [6.45, 7) is 2.67. The molecule has 0 aliphatic carbocycles. The third-order valence-electron chi connectivity index (χ3n) is 4.37. The van der Waals surface area contributed by atoms with Gasteiger partial charge in [-0.3, -0.25) is 0 Å². The Hall–Kier alpha value is -3.48. The van der Waals surface area contributed by atoms with Crippen LogP contribution in [0.15, 0.2) is 48.5 Å². The second kappa shape index (κ2) is 9.64. The van der Waals surface area contributed by atoms with Gasteiger partial charge in [-0.15, -0.1) is 0 Å². The highest BCUT2D eigenvalue weighted by Crippen LogP contribution is 2.27. The Kier molecular flexibility index (Phi) is 6.73. The van der Waals surface area contributed by atoms with Crippen molar-refractivity contribution >= 4 is 17.5 Å². The molecule has 0 fully saturated rings. The third-order valence-corrected chi connectivity index (χ3v) is 4.37. The first-order valence-electron chi connectivity index (χ1n) is 9.33. The Balaban J connectivity index is 1.62. The first-order valence-corrected chi connectivity index (χ1v) is 9.33. The summed E-state index contributed by atoms with van der Waals surface area (Å²) in [6.07, 6.45) is 0.824. The van der Waals surface area contributed by atoms with Gasteiger partial charge in [0.1, 0.15) is 11.6 Å². The molecule has 0 amide bonds. The highest BCUT2D eigenvalue weighted by molar-refractivity contribution is 5.56. The molecule has 1 heterocycles. The van der Waals surface area contributed by atoms with Gasteiger partial charge in [0.15, 0.2) is 11.5 Å². The lowest BCUT2D eigenvalue weighted by Crippen LogP contribution is -2.09. The van der Waals surface area contributed by atoms with Crippen molar-refractivity contribution < 1.29 is 14.2 Å². The summed E-state index contributed by atoms with van der Waals surface area (Å²) in [5.74, 6) is 3.58. The van der Waals surface area contributed by atoms with Gasteiger partial charge in [0.05, 0.1) is 21.3 Å². The van der Waals surface area contributed by atoms with Gasteiger partial charge in [0.25, 0.3) is 0 Å². The Labute approximate surface area is 171 Å². The maximum atomic E-state index is 5.36. The molecule has 0 spiro atoms. The van der Waals surface area contributed by atoms with Crippen molar-refractivity contribution in [3.05, 3.63) is 59.8 Å². The summed E-state index contributed by atoms with van der Waals surface area (Å²) < 4.78 is 15.8. The molecule has 7 nitrogen and oxygen atoms in total. The smallest absolute Gasteiger partial charge is 0.229 e. The molecule has 0 atom stereocenters. The van der Waals surface area contributed by atoms with Crippen LogP contribution in [0.3, 0.4) is 0 Å². The lowest BCUT2D eigenvalue weighted by atomic mass is 10.1. The zero-order chi connectivity index (χ0) is 20.6. The molecule has 0 radical (unpaired) electrons. The molecule has 1 aromatic heterocycles. The van der Waals surface area contributed by atoms with Crippen molar-refractivity contribution in [2.24, 2.45) is 0 Å². The molecule has 7 heteroatoms. The van der Waals surface area contributed by atoms with Crippen LogP contribution in [0.25, 0.3) is 0 Å². The summed E-state index contributed by atoms with van der Waals surface area (Å²) in [7, 11) is 4.92. The second-order valence-corrected chi connectivity index (χ2v) is 6.44. The Morgan fingerprint density at radius 3 is 2.28 bits per heavy atom. The Bertz CT molecular complexity index is 945. The minimum absolute atomic E-state index is 0.545. The number of nitrogens with one attached hydrogen (secondary N) is 2. The molecule has 3 rings (SSSR count). The van der Waals surface area contributed by atoms with E-state index >= 15 is 0 Å². The highest BCUT2D eigenvalue weighted by Gasteiger charge is 2.06. The fraction of sp³-hybridized carbons (Fsp3) is 0.273. The number of hydrogen-bond donors (Lipinski definition) is 2. The summed E-state index contributed by atoms with van der Waals surface area (Å²) in [5, 5.41) is 6.59. The number of aromatic nitrogens is 2. The Morgan fingerprint density at radius 2 is 1.59 bits per heavy atom. The number of aryl methyl sites for hydroxylation is 1. The minimum Gasteiger partial charge on any atom is -0.497 e. The van der Waals surface area contributed by atoms with Gasteiger partial charge in [-0.1, -0.05) is 6.07 Å². The van der Waals surface area contributed by atoms with E-state index in [-0.39, 0.29) is 0 Å². The van der Waals surface area contributed by atoms with Crippen LogP contribution < -0.4 is 24.8 Å². The third kappa shape index (κ3) is 5.51. The molecule has 152 valence electrons. The zero-order valence-electron chi connectivity index (χ0n) is 17.2. The van der Waals surface area contributed by atoms with Crippen molar-refractivity contribution in [1.82, 2.24) is 9.97 Å². The minimum atomic E-state index is 0.545. The van der Waals surface area contributed by atoms with E-state index in [4.69, 9.17) is 14.2 Å². The van der Waals surface area contributed by atoms with Crippen LogP contribution in [0.4, 0.5) is 17.5 Å². The van der Waals surface area contributed by atoms with Crippen molar-refractivity contribution in [3.8, 4) is 17.2 Å². The zero-order valence-corrected chi connectivity index (χ0v) is 17.2. The standard InChI is InChI=1S/C22H26N4O3/c1-15-13-21(23-12-11-16-5-10-19(28-3)20(14-16)29-4)26-22(24-15)25-17-6-8-18(27-2)9-7-17/h5-10,13-14H,11-12H2,1-4H3,(H2,23,24,25,26). The molecule has 3 aromatic rings. The van der Waals surface area contributed by atoms with Gasteiger partial charge in [-0.25, -0.2) is 4.98 Å². The first kappa shape index (κ1) is 20.3. The van der Waals surface area contributed by atoms with Crippen molar-refractivity contribution in [3.63, 3.8) is 0 Å². The summed E-state index contributed by atoms with van der Waals surface area (Å²) in [4.78, 5) is 9.01. The van der Waals surface area contributed by atoms with E-state index < -0.39 is 0 Å². The first-order chi connectivity index (χ1) is 14.1. The number of rotatable bonds is 9. The van der Waals surface area contributed by atoms with Gasteiger partial charge >= 0.3 is 0 Å². The van der Waals surface area contributed by atoms with Crippen LogP contribution in [0.2, 0.25) is 0 Å². The van der Waals surface area contributed by atoms with E-state index in [0.717, 1.165) is 53.0 Å². The van der Waals surface area contributed by atoms with Crippen LogP contribution in [0.1, 0.15) is 11.3 Å². The fourth-order valence-corrected chi connectivity index (χ4v) is 2.89. The van der Waals surface area contributed by atoms with Gasteiger partial charge < -0.3 is 24.8 Å². The van der Waals surface area contributed by atoms with E-state index in [2.05, 4.69) is 20.6 Å². The van der Waals surface area contributed by atoms with Gasteiger partial charge in [-0.2, -0.15) is 4.98 Å². The SMILES string of the molecule is COc1ccc(Nc2nc(C)cc(NCCc3ccc(OC)c(OC)c3)n2)cc1. The van der Waals surface area contributed by atoms with E-state index in [1.54, 1.807) is 21.3 Å². The van der Waals surface area contributed by atoms with Gasteiger partial charge in [-0.05, 0) is 55.3 Å². The quantitative estimate of drug-likeness (QED) is 0.563. The molecule has 0 aliphatic rings. The molecule has 29 heavy (non-hydrogen) atoms. The molecular weight excluding hydrogens is 368 g/mol. The monoisotopic (exact) mass is 394 g/mol. The lowest BCUT2D eigenvalue weighted by molar-refractivity contribution is 0.354. The van der Waals surface area contributed by atoms with E-state index in [0.29, 0.717) is 5.95 Å². The molecule has 0 aliphatic heterocycles. The number of benzene rings is 2. The molecular formula is C22H26N4O3. The average molecular weight is 394 g/mol. The summed E-state index contributed by atoms with van der Waals surface area (Å²) in [5.41, 5.74) is 2.93. The molecule has 2 N–H and O–H groups in total. The fourth-order valence-electron chi connectivity index (χ4n) is 2.89. The lowest BCUT2D eigenvalue weighted by Gasteiger charge is -2.12. The molecule has 0 unspecified atom stereocenters. The number of hydrogen-bond acceptors (Lipinski definition) is 7. The second-order valence-electron chi connectivity index (χ2n) is 6.44. The van der Waals surface area contributed by atoms with Gasteiger partial charge in [0, 0.05) is 24.0 Å². The molecule has 2 aromatic carbocycles. The predicted octanol–water partition coefficient (Wildman–Crippen LogP) is 4.21. The van der Waals surface area contributed by atoms with Crippen LogP contribution >= 0.6 is 0 Å². The highest BCUT2D eigenvalue weighted by atomic mass is 16.5. The van der Waals surface area contributed by atoms with Crippen LogP contribution in [0, 0.1) is 6.92 Å². The number of methoxy groups -OCH3 is 3. The van der Waals surface area contributed by atoms with Crippen LogP contribution in [0.5, 0.6) is 17.2 Å². The normalized spacial score (nSPS) is 10.3. The van der Waals surface area contributed by atoms with E-state index in [1.807, 2.05) is 55.5 Å². The summed E-state index contributed by atoms with van der Waals surface area (Å²) >= 11 is 0. The topological polar surface area (TPSA) is 77.5 Å². The molecule has 0 bridgehead atoms. The van der Waals surface area contributed by atoms with Crippen molar-refractivity contribution in [2.75, 3.05) is 38.5 Å². The van der Waals surface area contributed by atoms with Crippen LogP contribution in [-0.4, -0.2) is 37.8 Å². The van der Waals surface area contributed by atoms with E-state index in [9.17, 15) is 0 Å². The van der Waals surface area contributed by atoms with Crippen molar-refractivity contribution in [1.29, 1.82) is 0 Å². The summed E-state index contributed by atoms with van der Waals surface area (Å²) in [6, 6.07) is 15.5. The van der Waals surface area contributed by atoms with Crippen LogP contribution in [-0.2, 0) is 6.42 Å². The number of anilines is 3. The Morgan fingerprint density at radius 1 is 0.828 bits per heavy atom. The van der Waals surface area contributed by atoms with Gasteiger partial charge in [0.2, 0.25) is 5.95 Å². The predicted molar refractivity (Wildman–Crippen MR) is 115 cm³/mol. The maximum absolute atomic E-state index is 5.36. The van der Waals surface area contributed by atoms with E-state index in [1.165, 1.54) is 0 Å². The molecule has 0 saturated carbocycles.